The number of benzene rings is 2. The smallest absolute Gasteiger partial charge is 0.323 e. The lowest BCUT2D eigenvalue weighted by molar-refractivity contribution is -0.385. The number of nitro benzene ring substituents is 2. The van der Waals surface area contributed by atoms with E-state index in [-0.39, 0.29) is 28.4 Å². The van der Waals surface area contributed by atoms with E-state index in [2.05, 4.69) is 0 Å². The number of nitrogens with zero attached hydrogens (tertiary/aromatic N) is 2. The van der Waals surface area contributed by atoms with Crippen molar-refractivity contribution in [1.82, 2.24) is 9.44 Å². The summed E-state index contributed by atoms with van der Waals surface area (Å²) < 4.78 is 37.4. The number of hydrogen-bond donors (Lipinski definition) is 2. The molecule has 13 nitrogen and oxygen atoms in total. The molecule has 14 heteroatoms. The van der Waals surface area contributed by atoms with Gasteiger partial charge in [-0.25, -0.2) is 4.72 Å². The third-order valence-electron chi connectivity index (χ3n) is 3.96. The van der Waals surface area contributed by atoms with Crippen LogP contribution in [0.2, 0.25) is 0 Å². The fourth-order valence-corrected chi connectivity index (χ4v) is 3.13. The number of carbonyl (C=O) groups is 1. The van der Waals surface area contributed by atoms with Crippen molar-refractivity contribution in [3.8, 4) is 11.5 Å². The van der Waals surface area contributed by atoms with E-state index >= 15 is 0 Å². The first-order valence-electron chi connectivity index (χ1n) is 8.90. The minimum atomic E-state index is -4.30. The Hall–Kier alpha value is -4.46. The summed E-state index contributed by atoms with van der Waals surface area (Å²) in [6.45, 7) is 0. The SMILES string of the molecule is COc1ccc(C=CNS(=O)(=O)NC(=O)C=Cc2ccc(OC)c([N+](=O)[O-])c2)cc1[N+](=O)[O-]. The Kier molecular flexibility index (Phi) is 8.06. The second-order valence-electron chi connectivity index (χ2n) is 6.13. The summed E-state index contributed by atoms with van der Waals surface area (Å²) >= 11 is 0. The second-order valence-corrected chi connectivity index (χ2v) is 7.58. The largest absolute Gasteiger partial charge is 0.490 e. The quantitative estimate of drug-likeness (QED) is 0.294. The highest BCUT2D eigenvalue weighted by Gasteiger charge is 2.16. The molecule has 2 aromatic rings. The second kappa shape index (κ2) is 10.7. The Morgan fingerprint density at radius 3 is 1.85 bits per heavy atom. The summed E-state index contributed by atoms with van der Waals surface area (Å²) in [6, 6.07) is 7.93. The maximum atomic E-state index is 12.0. The molecule has 0 fully saturated rings. The third kappa shape index (κ3) is 7.03. The molecule has 2 rings (SSSR count). The molecule has 33 heavy (non-hydrogen) atoms. The van der Waals surface area contributed by atoms with E-state index in [9.17, 15) is 33.4 Å². The van der Waals surface area contributed by atoms with Crippen molar-refractivity contribution < 1.29 is 32.5 Å². The average molecular weight is 478 g/mol. The van der Waals surface area contributed by atoms with Gasteiger partial charge in [-0.2, -0.15) is 8.42 Å². The van der Waals surface area contributed by atoms with Gasteiger partial charge in [0.05, 0.1) is 24.1 Å². The summed E-state index contributed by atoms with van der Waals surface area (Å²) in [5.74, 6) is -0.948. The van der Waals surface area contributed by atoms with Crippen LogP contribution in [0.4, 0.5) is 11.4 Å². The lowest BCUT2D eigenvalue weighted by Crippen LogP contribution is -2.36. The first kappa shape index (κ1) is 24.8. The Morgan fingerprint density at radius 1 is 0.909 bits per heavy atom. The van der Waals surface area contributed by atoms with Gasteiger partial charge in [0.2, 0.25) is 0 Å². The van der Waals surface area contributed by atoms with Crippen molar-refractivity contribution in [2.24, 2.45) is 0 Å². The molecular formula is C19H18N4O9S. The molecule has 2 aromatic carbocycles. The van der Waals surface area contributed by atoms with E-state index in [4.69, 9.17) is 9.47 Å². The number of methoxy groups -OCH3 is 2. The van der Waals surface area contributed by atoms with Crippen LogP contribution in [0.5, 0.6) is 11.5 Å². The van der Waals surface area contributed by atoms with Gasteiger partial charge in [0, 0.05) is 24.4 Å². The summed E-state index contributed by atoms with van der Waals surface area (Å²) in [5.41, 5.74) is -0.0560. The lowest BCUT2D eigenvalue weighted by atomic mass is 10.1. The molecule has 0 saturated carbocycles. The number of carbonyl (C=O) groups excluding carboxylic acids is 1. The number of nitrogens with one attached hydrogen (secondary N) is 2. The topological polar surface area (TPSA) is 180 Å². The molecule has 0 unspecified atom stereocenters. The normalized spacial score (nSPS) is 11.3. The number of rotatable bonds is 10. The van der Waals surface area contributed by atoms with Crippen LogP contribution in [0.3, 0.4) is 0 Å². The maximum Gasteiger partial charge on any atom is 0.323 e. The van der Waals surface area contributed by atoms with E-state index < -0.39 is 26.0 Å². The third-order valence-corrected chi connectivity index (χ3v) is 4.88. The number of nitro groups is 2. The van der Waals surface area contributed by atoms with Gasteiger partial charge in [-0.3, -0.25) is 29.7 Å². The molecule has 0 spiro atoms. The number of hydrogen-bond acceptors (Lipinski definition) is 9. The van der Waals surface area contributed by atoms with E-state index in [1.54, 1.807) is 4.72 Å². The molecule has 0 heterocycles. The predicted octanol–water partition coefficient (Wildman–Crippen LogP) is 2.15. The fourth-order valence-electron chi connectivity index (χ4n) is 2.49. The standard InChI is InChI=1S/C19H18N4O9S/c1-31-17-6-3-13(11-15(17)22(25)26)5-8-19(24)21-33(29,30)20-10-9-14-4-7-18(32-2)16(12-14)23(27)28/h3-12,20H,1-2H3,(H,21,24). The molecule has 0 bridgehead atoms. The Bertz CT molecular complexity index is 1240. The van der Waals surface area contributed by atoms with Gasteiger partial charge in [-0.1, -0.05) is 12.1 Å². The van der Waals surface area contributed by atoms with Crippen molar-refractivity contribution >= 4 is 39.6 Å². The van der Waals surface area contributed by atoms with Crippen LogP contribution >= 0.6 is 0 Å². The molecule has 0 aliphatic heterocycles. The predicted molar refractivity (Wildman–Crippen MR) is 118 cm³/mol. The number of amides is 1. The minimum Gasteiger partial charge on any atom is -0.490 e. The first-order chi connectivity index (χ1) is 15.6. The van der Waals surface area contributed by atoms with Crippen LogP contribution in [-0.2, 0) is 15.0 Å². The van der Waals surface area contributed by atoms with Crippen LogP contribution in [0.25, 0.3) is 12.2 Å². The van der Waals surface area contributed by atoms with Gasteiger partial charge < -0.3 is 9.47 Å². The molecule has 0 radical (unpaired) electrons. The maximum absolute atomic E-state index is 12.0. The molecule has 0 saturated heterocycles. The Morgan fingerprint density at radius 2 is 1.39 bits per heavy atom. The van der Waals surface area contributed by atoms with Gasteiger partial charge in [-0.15, -0.1) is 0 Å². The summed E-state index contributed by atoms with van der Waals surface area (Å²) in [4.78, 5) is 32.7. The highest BCUT2D eigenvalue weighted by atomic mass is 32.2. The van der Waals surface area contributed by atoms with Crippen molar-refractivity contribution in [1.29, 1.82) is 0 Å². The molecule has 0 atom stereocenters. The molecular weight excluding hydrogens is 460 g/mol. The summed E-state index contributed by atoms with van der Waals surface area (Å²) in [5, 5.41) is 22.1. The zero-order valence-corrected chi connectivity index (χ0v) is 18.1. The molecule has 0 aliphatic carbocycles. The van der Waals surface area contributed by atoms with Crippen molar-refractivity contribution in [2.75, 3.05) is 14.2 Å². The Labute approximate surface area is 187 Å². The fraction of sp³-hybridized carbons (Fsp3) is 0.105. The van der Waals surface area contributed by atoms with Gasteiger partial charge in [0.15, 0.2) is 11.5 Å². The van der Waals surface area contributed by atoms with Crippen LogP contribution in [0.15, 0.2) is 48.7 Å². The van der Waals surface area contributed by atoms with E-state index in [0.717, 1.165) is 18.3 Å². The number of ether oxygens (including phenoxy) is 2. The molecule has 1 amide bonds. The lowest BCUT2D eigenvalue weighted by Gasteiger charge is -2.05. The monoisotopic (exact) mass is 478 g/mol. The first-order valence-corrected chi connectivity index (χ1v) is 10.4. The average Bonchev–Trinajstić information content (AvgIpc) is 2.76. The minimum absolute atomic E-state index is 0.0300. The van der Waals surface area contributed by atoms with Crippen LogP contribution in [-0.4, -0.2) is 38.4 Å². The van der Waals surface area contributed by atoms with Crippen LogP contribution in [0.1, 0.15) is 11.1 Å². The van der Waals surface area contributed by atoms with E-state index in [1.807, 2.05) is 4.72 Å². The zero-order chi connectivity index (χ0) is 24.6. The Balaban J connectivity index is 2.04. The molecule has 174 valence electrons. The van der Waals surface area contributed by atoms with E-state index in [0.29, 0.717) is 5.56 Å². The van der Waals surface area contributed by atoms with Gasteiger partial charge >= 0.3 is 21.6 Å². The van der Waals surface area contributed by atoms with Gasteiger partial charge in [0.1, 0.15) is 0 Å². The zero-order valence-electron chi connectivity index (χ0n) is 17.3. The van der Waals surface area contributed by atoms with Crippen molar-refractivity contribution in [3.63, 3.8) is 0 Å². The van der Waals surface area contributed by atoms with Crippen molar-refractivity contribution in [2.45, 2.75) is 0 Å². The van der Waals surface area contributed by atoms with Gasteiger partial charge in [-0.05, 0) is 35.4 Å². The van der Waals surface area contributed by atoms with Crippen LogP contribution < -0.4 is 18.9 Å². The van der Waals surface area contributed by atoms with Crippen LogP contribution in [0, 0.1) is 20.2 Å². The van der Waals surface area contributed by atoms with Crippen molar-refractivity contribution in [3.05, 3.63) is 80.0 Å². The van der Waals surface area contributed by atoms with Gasteiger partial charge in [0.25, 0.3) is 5.91 Å². The highest BCUT2D eigenvalue weighted by molar-refractivity contribution is 7.88. The molecule has 0 aliphatic rings. The van der Waals surface area contributed by atoms with E-state index in [1.165, 1.54) is 56.7 Å². The highest BCUT2D eigenvalue weighted by Crippen LogP contribution is 2.28. The summed E-state index contributed by atoms with van der Waals surface area (Å²) in [6.07, 6.45) is 4.27. The molecule has 0 aromatic heterocycles. The summed E-state index contributed by atoms with van der Waals surface area (Å²) in [7, 11) is -1.75. The molecule has 2 N–H and O–H groups in total.